The zero-order chi connectivity index (χ0) is 23.7. The first-order valence-electron chi connectivity index (χ1n) is 9.21. The molecule has 12 nitrogen and oxygen atoms in total. The monoisotopic (exact) mass is 440 g/mol. The van der Waals surface area contributed by atoms with Gasteiger partial charge in [-0.3, -0.25) is 37.8 Å². The summed E-state index contributed by atoms with van der Waals surface area (Å²) in [6, 6.07) is 6.47. The van der Waals surface area contributed by atoms with Crippen LogP contribution < -0.4 is 22.5 Å². The predicted octanol–water partition coefficient (Wildman–Crippen LogP) is -0.606. The summed E-state index contributed by atoms with van der Waals surface area (Å²) in [5.74, 6) is -1.08. The molecule has 2 aromatic heterocycles. The first-order valence-corrected chi connectivity index (χ1v) is 9.21. The number of hydrogen-bond acceptors (Lipinski definition) is 8. The Morgan fingerprint density at radius 2 is 1.00 bits per heavy atom. The lowest BCUT2D eigenvalue weighted by molar-refractivity contribution is 0.410. The van der Waals surface area contributed by atoms with Crippen molar-refractivity contribution >= 4 is 23.8 Å². The van der Waals surface area contributed by atoms with Gasteiger partial charge in [0.15, 0.2) is 0 Å². The number of aromatic nitrogens is 4. The summed E-state index contributed by atoms with van der Waals surface area (Å²) in [5.41, 5.74) is -2.67. The Hall–Kier alpha value is -4.48. The lowest BCUT2D eigenvalue weighted by Crippen LogP contribution is -2.38. The van der Waals surface area contributed by atoms with E-state index in [-0.39, 0.29) is 22.5 Å². The standard InChI is InChI=1S/C20H20N6O6/c1-23-15(27)11(16(28)24(2)19(23)31)9-21-13-7-5-6-8-14(13)22-10-12-17(29)25(3)20(32)26(4)18(12)30/h5-10,27,29H,1-4H3. The number of aliphatic imine (C=N–C) groups is 2. The summed E-state index contributed by atoms with van der Waals surface area (Å²) >= 11 is 0. The summed E-state index contributed by atoms with van der Waals surface area (Å²) in [7, 11) is 5.18. The molecule has 0 fully saturated rings. The van der Waals surface area contributed by atoms with Gasteiger partial charge in [0.1, 0.15) is 11.1 Å². The molecule has 0 aliphatic rings. The lowest BCUT2D eigenvalue weighted by atomic mass is 10.2. The summed E-state index contributed by atoms with van der Waals surface area (Å²) in [6.45, 7) is 0. The fraction of sp³-hybridized carbons (Fsp3) is 0.200. The summed E-state index contributed by atoms with van der Waals surface area (Å²) < 4.78 is 3.49. The van der Waals surface area contributed by atoms with E-state index in [2.05, 4.69) is 9.98 Å². The maximum Gasteiger partial charge on any atom is 0.333 e. The van der Waals surface area contributed by atoms with Crippen LogP contribution >= 0.6 is 0 Å². The van der Waals surface area contributed by atoms with Crippen LogP contribution in [0.4, 0.5) is 11.4 Å². The van der Waals surface area contributed by atoms with Gasteiger partial charge in [0, 0.05) is 40.6 Å². The molecule has 0 saturated carbocycles. The van der Waals surface area contributed by atoms with E-state index in [1.807, 2.05) is 0 Å². The third-order valence-electron chi connectivity index (χ3n) is 4.88. The van der Waals surface area contributed by atoms with Gasteiger partial charge in [-0.2, -0.15) is 0 Å². The highest BCUT2D eigenvalue weighted by Crippen LogP contribution is 2.27. The van der Waals surface area contributed by atoms with Gasteiger partial charge in [-0.1, -0.05) is 12.1 Å². The first-order chi connectivity index (χ1) is 15.1. The van der Waals surface area contributed by atoms with Crippen LogP contribution in [-0.4, -0.2) is 40.9 Å². The SMILES string of the molecule is Cn1c(O)c(C=Nc2ccccc2N=Cc2c(O)n(C)c(=O)n(C)c2=O)c(=O)n(C)c1=O. The summed E-state index contributed by atoms with van der Waals surface area (Å²) in [6.07, 6.45) is 2.21. The van der Waals surface area contributed by atoms with E-state index < -0.39 is 34.3 Å². The fourth-order valence-electron chi connectivity index (χ4n) is 2.90. The fourth-order valence-corrected chi connectivity index (χ4v) is 2.90. The second-order valence-corrected chi connectivity index (χ2v) is 6.89. The lowest BCUT2D eigenvalue weighted by Gasteiger charge is -2.08. The van der Waals surface area contributed by atoms with Crippen LogP contribution in [0.15, 0.2) is 53.4 Å². The molecule has 166 valence electrons. The van der Waals surface area contributed by atoms with Crippen molar-refractivity contribution in [1.29, 1.82) is 0 Å². The minimum Gasteiger partial charge on any atom is -0.494 e. The van der Waals surface area contributed by atoms with Gasteiger partial charge in [0.2, 0.25) is 11.8 Å². The van der Waals surface area contributed by atoms with Crippen LogP contribution in [0.1, 0.15) is 11.1 Å². The molecular formula is C20H20N6O6. The van der Waals surface area contributed by atoms with Gasteiger partial charge < -0.3 is 10.2 Å². The summed E-state index contributed by atoms with van der Waals surface area (Å²) in [4.78, 5) is 56.8. The van der Waals surface area contributed by atoms with Crippen molar-refractivity contribution < 1.29 is 10.2 Å². The Kier molecular flexibility index (Phi) is 5.79. The third kappa shape index (κ3) is 3.69. The first kappa shape index (κ1) is 22.2. The molecule has 0 bridgehead atoms. The minimum absolute atomic E-state index is 0.196. The molecule has 0 amide bonds. The molecule has 0 unspecified atom stereocenters. The molecular weight excluding hydrogens is 420 g/mol. The Balaban J connectivity index is 2.09. The van der Waals surface area contributed by atoms with Crippen molar-refractivity contribution in [2.75, 3.05) is 0 Å². The molecule has 1 aromatic carbocycles. The molecule has 3 aromatic rings. The van der Waals surface area contributed by atoms with E-state index >= 15 is 0 Å². The number of nitrogens with zero attached hydrogens (tertiary/aromatic N) is 6. The van der Waals surface area contributed by atoms with Crippen molar-refractivity contribution in [2.24, 2.45) is 38.2 Å². The molecule has 0 aliphatic carbocycles. The van der Waals surface area contributed by atoms with Crippen molar-refractivity contribution in [3.05, 3.63) is 77.1 Å². The van der Waals surface area contributed by atoms with Crippen molar-refractivity contribution in [3.63, 3.8) is 0 Å². The molecule has 0 spiro atoms. The Morgan fingerprint density at radius 1 is 0.656 bits per heavy atom. The number of benzene rings is 1. The topological polar surface area (TPSA) is 153 Å². The maximum atomic E-state index is 12.3. The minimum atomic E-state index is -0.728. The van der Waals surface area contributed by atoms with Gasteiger partial charge in [-0.15, -0.1) is 0 Å². The van der Waals surface area contributed by atoms with Crippen molar-refractivity contribution in [2.45, 2.75) is 0 Å². The van der Waals surface area contributed by atoms with E-state index in [9.17, 15) is 29.4 Å². The zero-order valence-corrected chi connectivity index (χ0v) is 17.7. The smallest absolute Gasteiger partial charge is 0.333 e. The molecule has 2 N–H and O–H groups in total. The molecule has 2 heterocycles. The second kappa shape index (κ2) is 8.34. The van der Waals surface area contributed by atoms with Crippen LogP contribution in [0.25, 0.3) is 0 Å². The number of rotatable bonds is 4. The molecule has 12 heteroatoms. The van der Waals surface area contributed by atoms with Gasteiger partial charge in [-0.05, 0) is 12.1 Å². The van der Waals surface area contributed by atoms with Crippen molar-refractivity contribution in [1.82, 2.24) is 18.3 Å². The molecule has 0 aliphatic heterocycles. The van der Waals surface area contributed by atoms with Crippen molar-refractivity contribution in [3.8, 4) is 11.8 Å². The predicted molar refractivity (Wildman–Crippen MR) is 118 cm³/mol. The van der Waals surface area contributed by atoms with E-state index in [0.29, 0.717) is 0 Å². The van der Waals surface area contributed by atoms with Crippen LogP contribution in [0.2, 0.25) is 0 Å². The van der Waals surface area contributed by atoms with Gasteiger partial charge >= 0.3 is 11.4 Å². The van der Waals surface area contributed by atoms with Gasteiger partial charge in [0.25, 0.3) is 11.1 Å². The van der Waals surface area contributed by atoms with E-state index in [4.69, 9.17) is 0 Å². The number of aromatic hydroxyl groups is 2. The van der Waals surface area contributed by atoms with Crippen LogP contribution in [-0.2, 0) is 28.2 Å². The second-order valence-electron chi connectivity index (χ2n) is 6.89. The van der Waals surface area contributed by atoms with Gasteiger partial charge in [-0.25, -0.2) is 9.59 Å². The Labute approximate surface area is 179 Å². The van der Waals surface area contributed by atoms with E-state index in [0.717, 1.165) is 30.7 Å². The van der Waals surface area contributed by atoms with E-state index in [1.165, 1.54) is 28.2 Å². The number of para-hydroxylation sites is 2. The largest absolute Gasteiger partial charge is 0.494 e. The highest BCUT2D eigenvalue weighted by molar-refractivity contribution is 5.88. The Morgan fingerprint density at radius 3 is 1.34 bits per heavy atom. The van der Waals surface area contributed by atoms with Crippen LogP contribution in [0.5, 0.6) is 11.8 Å². The maximum absolute atomic E-state index is 12.3. The van der Waals surface area contributed by atoms with Crippen LogP contribution in [0, 0.1) is 0 Å². The quantitative estimate of drug-likeness (QED) is 0.516. The molecule has 0 atom stereocenters. The normalized spacial score (nSPS) is 11.6. The summed E-state index contributed by atoms with van der Waals surface area (Å²) in [5, 5.41) is 20.3. The van der Waals surface area contributed by atoms with Crippen LogP contribution in [0.3, 0.4) is 0 Å². The molecule has 3 rings (SSSR count). The highest BCUT2D eigenvalue weighted by atomic mass is 16.3. The molecule has 0 radical (unpaired) electrons. The number of hydrogen-bond donors (Lipinski definition) is 2. The van der Waals surface area contributed by atoms with Gasteiger partial charge in [0.05, 0.1) is 11.4 Å². The average Bonchev–Trinajstić information content (AvgIpc) is 2.79. The third-order valence-corrected chi connectivity index (χ3v) is 4.88. The molecule has 32 heavy (non-hydrogen) atoms. The highest BCUT2D eigenvalue weighted by Gasteiger charge is 2.14. The average molecular weight is 440 g/mol. The van der Waals surface area contributed by atoms with E-state index in [1.54, 1.807) is 24.3 Å². The Bertz CT molecular complexity index is 1410. The zero-order valence-electron chi connectivity index (χ0n) is 17.7. The molecule has 0 saturated heterocycles.